The first-order valence-corrected chi connectivity index (χ1v) is 11.5. The number of pyridine rings is 1. The number of unbranched alkanes of at least 4 members (excludes halogenated alkanes) is 5. The molecule has 3 nitrogen and oxygen atoms in total. The second-order valence-electron chi connectivity index (χ2n) is 7.98. The van der Waals surface area contributed by atoms with Gasteiger partial charge in [-0.15, -0.1) is 0 Å². The fourth-order valence-corrected chi connectivity index (χ4v) is 3.72. The number of hydrogen-bond acceptors (Lipinski definition) is 3. The zero-order valence-electron chi connectivity index (χ0n) is 18.3. The summed E-state index contributed by atoms with van der Waals surface area (Å²) in [7, 11) is 0. The van der Waals surface area contributed by atoms with Crippen LogP contribution in [0.4, 0.5) is 0 Å². The van der Waals surface area contributed by atoms with Gasteiger partial charge in [-0.3, -0.25) is 9.78 Å². The van der Waals surface area contributed by atoms with Crippen LogP contribution in [0.2, 0.25) is 0 Å². The largest absolute Gasteiger partial charge is 0.493 e. The number of aryl methyl sites for hydroxylation is 1. The highest BCUT2D eigenvalue weighted by Gasteiger charge is 2.05. The molecule has 3 heteroatoms. The minimum Gasteiger partial charge on any atom is -0.493 e. The maximum Gasteiger partial charge on any atom is 0.133 e. The second kappa shape index (κ2) is 13.4. The van der Waals surface area contributed by atoms with Crippen molar-refractivity contribution in [2.45, 2.75) is 57.8 Å². The molecule has 0 saturated heterocycles. The Bertz CT molecular complexity index is 893. The van der Waals surface area contributed by atoms with Gasteiger partial charge in [-0.05, 0) is 42.5 Å². The lowest BCUT2D eigenvalue weighted by atomic mass is 10.0. The number of carbonyl (C=O) groups is 1. The van der Waals surface area contributed by atoms with Crippen LogP contribution in [0.25, 0.3) is 11.1 Å². The number of benzene rings is 2. The van der Waals surface area contributed by atoms with Gasteiger partial charge in [-0.25, -0.2) is 0 Å². The molecule has 3 aromatic rings. The van der Waals surface area contributed by atoms with Gasteiger partial charge in [0.15, 0.2) is 0 Å². The van der Waals surface area contributed by atoms with Crippen molar-refractivity contribution in [3.8, 4) is 16.9 Å². The summed E-state index contributed by atoms with van der Waals surface area (Å²) in [5.41, 5.74) is 3.48. The van der Waals surface area contributed by atoms with E-state index in [-0.39, 0.29) is 0 Å². The van der Waals surface area contributed by atoms with Crippen LogP contribution in [0.1, 0.15) is 56.9 Å². The number of ether oxygens (including phenoxy) is 1. The summed E-state index contributed by atoms with van der Waals surface area (Å²) in [6, 6.07) is 22.6. The molecule has 0 N–H and O–H groups in total. The molecule has 162 valence electrons. The highest BCUT2D eigenvalue weighted by molar-refractivity contribution is 5.78. The molecule has 0 amide bonds. The van der Waals surface area contributed by atoms with Crippen LogP contribution in [0, 0.1) is 0 Å². The Hall–Kier alpha value is -2.94. The summed E-state index contributed by atoms with van der Waals surface area (Å²) >= 11 is 0. The highest BCUT2D eigenvalue weighted by Crippen LogP contribution is 2.29. The zero-order chi connectivity index (χ0) is 21.6. The van der Waals surface area contributed by atoms with E-state index in [0.717, 1.165) is 49.2 Å². The molecule has 0 saturated carbocycles. The number of ketones is 1. The lowest BCUT2D eigenvalue weighted by Crippen LogP contribution is -2.00. The summed E-state index contributed by atoms with van der Waals surface area (Å²) in [5.74, 6) is 1.33. The first kappa shape index (κ1) is 22.7. The Labute approximate surface area is 186 Å². The number of carbonyl (C=O) groups excluding carboxylic acids is 1. The van der Waals surface area contributed by atoms with Gasteiger partial charge >= 0.3 is 0 Å². The van der Waals surface area contributed by atoms with E-state index in [1.165, 1.54) is 24.8 Å². The van der Waals surface area contributed by atoms with Crippen LogP contribution in [0.15, 0.2) is 79.1 Å². The van der Waals surface area contributed by atoms with Gasteiger partial charge in [0, 0.05) is 30.8 Å². The third kappa shape index (κ3) is 8.37. The average molecular weight is 416 g/mol. The van der Waals surface area contributed by atoms with Gasteiger partial charge in [0.1, 0.15) is 11.5 Å². The Kier molecular flexibility index (Phi) is 9.81. The van der Waals surface area contributed by atoms with Crippen molar-refractivity contribution in [1.82, 2.24) is 4.98 Å². The molecule has 0 fully saturated rings. The number of aromatic nitrogens is 1. The molecule has 1 aromatic heterocycles. The van der Waals surface area contributed by atoms with E-state index in [4.69, 9.17) is 4.74 Å². The van der Waals surface area contributed by atoms with Gasteiger partial charge in [0.25, 0.3) is 0 Å². The number of Topliss-reactive ketones (excluding diaryl/α,β-unsaturated/α-hetero) is 1. The van der Waals surface area contributed by atoms with E-state index in [2.05, 4.69) is 41.4 Å². The summed E-state index contributed by atoms with van der Waals surface area (Å²) in [6.07, 6.45) is 12.5. The van der Waals surface area contributed by atoms with Gasteiger partial charge in [0.05, 0.1) is 6.61 Å². The molecular weight excluding hydrogens is 382 g/mol. The molecule has 0 unspecified atom stereocenters. The van der Waals surface area contributed by atoms with Crippen LogP contribution in [0.5, 0.6) is 5.75 Å². The Morgan fingerprint density at radius 1 is 0.742 bits per heavy atom. The predicted molar refractivity (Wildman–Crippen MR) is 127 cm³/mol. The van der Waals surface area contributed by atoms with Crippen molar-refractivity contribution in [3.05, 3.63) is 84.7 Å². The molecule has 2 aromatic carbocycles. The Morgan fingerprint density at radius 3 is 2.29 bits per heavy atom. The van der Waals surface area contributed by atoms with E-state index in [1.54, 1.807) is 6.20 Å². The number of nitrogens with zero attached hydrogens (tertiary/aromatic N) is 1. The fraction of sp³-hybridized carbons (Fsp3) is 0.357. The Balaban J connectivity index is 1.22. The molecule has 0 spiro atoms. The number of rotatable bonds is 14. The first-order valence-electron chi connectivity index (χ1n) is 11.5. The third-order valence-corrected chi connectivity index (χ3v) is 5.49. The minimum atomic E-state index is 0.370. The third-order valence-electron chi connectivity index (χ3n) is 5.49. The van der Waals surface area contributed by atoms with E-state index in [0.29, 0.717) is 18.6 Å². The predicted octanol–water partition coefficient (Wildman–Crippen LogP) is 7.06. The van der Waals surface area contributed by atoms with Crippen LogP contribution in [-0.4, -0.2) is 17.4 Å². The van der Waals surface area contributed by atoms with Crippen molar-refractivity contribution >= 4 is 5.78 Å². The molecular formula is C28H33NO2. The summed E-state index contributed by atoms with van der Waals surface area (Å²) in [4.78, 5) is 16.1. The van der Waals surface area contributed by atoms with Gasteiger partial charge in [0.2, 0.25) is 0 Å². The molecule has 0 aliphatic heterocycles. The molecule has 0 bridgehead atoms. The van der Waals surface area contributed by atoms with E-state index < -0.39 is 0 Å². The lowest BCUT2D eigenvalue weighted by molar-refractivity contribution is -0.119. The van der Waals surface area contributed by atoms with E-state index in [9.17, 15) is 4.79 Å². The van der Waals surface area contributed by atoms with Crippen LogP contribution >= 0.6 is 0 Å². The quantitative estimate of drug-likeness (QED) is 0.265. The smallest absolute Gasteiger partial charge is 0.133 e. The van der Waals surface area contributed by atoms with Gasteiger partial charge in [-0.1, -0.05) is 80.3 Å². The normalized spacial score (nSPS) is 10.7. The molecule has 1 heterocycles. The maximum absolute atomic E-state index is 12.0. The van der Waals surface area contributed by atoms with Crippen LogP contribution in [0.3, 0.4) is 0 Å². The molecule has 0 radical (unpaired) electrons. The van der Waals surface area contributed by atoms with Crippen molar-refractivity contribution < 1.29 is 9.53 Å². The highest BCUT2D eigenvalue weighted by atomic mass is 16.5. The van der Waals surface area contributed by atoms with Crippen molar-refractivity contribution in [2.75, 3.05) is 6.61 Å². The lowest BCUT2D eigenvalue weighted by Gasteiger charge is -2.11. The van der Waals surface area contributed by atoms with Crippen molar-refractivity contribution in [2.24, 2.45) is 0 Å². The van der Waals surface area contributed by atoms with Crippen LogP contribution < -0.4 is 4.74 Å². The average Bonchev–Trinajstić information content (AvgIpc) is 2.83. The molecule has 0 aliphatic carbocycles. The maximum atomic E-state index is 12.0. The molecule has 3 rings (SSSR count). The van der Waals surface area contributed by atoms with Gasteiger partial charge < -0.3 is 4.74 Å². The minimum absolute atomic E-state index is 0.370. The Morgan fingerprint density at radius 2 is 1.48 bits per heavy atom. The topological polar surface area (TPSA) is 39.2 Å². The van der Waals surface area contributed by atoms with Crippen molar-refractivity contribution in [1.29, 1.82) is 0 Å². The summed E-state index contributed by atoms with van der Waals surface area (Å²) in [5, 5.41) is 0. The SMILES string of the molecule is O=C(CCCCCCCCOc1ccccc1-c1ccccc1)CCc1cccnc1. The van der Waals surface area contributed by atoms with E-state index >= 15 is 0 Å². The van der Waals surface area contributed by atoms with Crippen molar-refractivity contribution in [3.63, 3.8) is 0 Å². The number of para-hydroxylation sites is 1. The summed E-state index contributed by atoms with van der Waals surface area (Å²) < 4.78 is 6.06. The van der Waals surface area contributed by atoms with Gasteiger partial charge in [-0.2, -0.15) is 0 Å². The first-order chi connectivity index (χ1) is 15.3. The summed E-state index contributed by atoms with van der Waals surface area (Å²) in [6.45, 7) is 0.747. The zero-order valence-corrected chi connectivity index (χ0v) is 18.3. The fourth-order valence-electron chi connectivity index (χ4n) is 3.72. The standard InChI is InChI=1S/C28H33NO2/c30-26(20-19-24-13-12-21-29-23-24)16-8-3-1-2-4-11-22-31-28-18-10-9-17-27(28)25-14-6-5-7-15-25/h5-7,9-10,12-15,17-18,21,23H,1-4,8,11,16,19-20,22H2. The van der Waals surface area contributed by atoms with Crippen LogP contribution in [-0.2, 0) is 11.2 Å². The molecule has 0 atom stereocenters. The molecule has 0 aliphatic rings. The monoisotopic (exact) mass is 415 g/mol. The second-order valence-corrected chi connectivity index (χ2v) is 7.98. The molecule has 31 heavy (non-hydrogen) atoms. The number of hydrogen-bond donors (Lipinski definition) is 0. The van der Waals surface area contributed by atoms with E-state index in [1.807, 2.05) is 36.5 Å².